The monoisotopic (exact) mass is 338 g/mol. The smallest absolute Gasteiger partial charge is 0.428 e. The zero-order valence-electron chi connectivity index (χ0n) is 13.1. The molecule has 0 unspecified atom stereocenters. The molecule has 3 nitrogen and oxygen atoms in total. The summed E-state index contributed by atoms with van der Waals surface area (Å²) in [5, 5.41) is 11.7. The van der Waals surface area contributed by atoms with Gasteiger partial charge >= 0.3 is 12.1 Å². The Bertz CT molecular complexity index is 767. The molecule has 2 rings (SSSR count). The van der Waals surface area contributed by atoms with Gasteiger partial charge in [-0.25, -0.2) is 4.79 Å². The molecule has 1 N–H and O–H groups in total. The van der Waals surface area contributed by atoms with Gasteiger partial charge in [-0.15, -0.1) is 0 Å². The van der Waals surface area contributed by atoms with Gasteiger partial charge in [0.05, 0.1) is 6.61 Å². The summed E-state index contributed by atoms with van der Waals surface area (Å²) in [5.74, 6) is -1.72. The van der Waals surface area contributed by atoms with Crippen LogP contribution in [0.2, 0.25) is 0 Å². The molecule has 0 aliphatic heterocycles. The molecule has 0 saturated heterocycles. The molecule has 6 heteroatoms. The van der Waals surface area contributed by atoms with Crippen molar-refractivity contribution in [2.75, 3.05) is 6.61 Å². The molecule has 0 fully saturated rings. The van der Waals surface area contributed by atoms with E-state index in [1.54, 1.807) is 24.3 Å². The molecule has 0 saturated carbocycles. The predicted molar refractivity (Wildman–Crippen MR) is 85.2 cm³/mol. The van der Waals surface area contributed by atoms with Gasteiger partial charge in [-0.1, -0.05) is 43.0 Å². The topological polar surface area (TPSA) is 46.5 Å². The van der Waals surface area contributed by atoms with E-state index < -0.39 is 24.2 Å². The van der Waals surface area contributed by atoms with E-state index >= 15 is 0 Å². The lowest BCUT2D eigenvalue weighted by molar-refractivity contribution is -0.260. The highest BCUT2D eigenvalue weighted by Crippen LogP contribution is 2.38. The van der Waals surface area contributed by atoms with Gasteiger partial charge in [-0.05, 0) is 34.9 Å². The molecule has 0 aliphatic carbocycles. The Morgan fingerprint density at radius 1 is 1.17 bits per heavy atom. The standard InChI is InChI=1S/C18H17F3O3/c1-3-24-16(22)17(23,18(19,20)21)11-12(2)14-9-8-13-6-4-5-7-15(13)10-14/h4-10,23H,2-3,11H2,1H3/t17-/m0/s1. The first-order chi connectivity index (χ1) is 11.2. The van der Waals surface area contributed by atoms with E-state index in [0.29, 0.717) is 5.56 Å². The number of rotatable bonds is 5. The number of aliphatic hydroxyl groups is 1. The Hall–Kier alpha value is -2.34. The van der Waals surface area contributed by atoms with Crippen molar-refractivity contribution in [3.05, 3.63) is 54.6 Å². The minimum Gasteiger partial charge on any atom is -0.464 e. The highest BCUT2D eigenvalue weighted by Gasteiger charge is 2.60. The first-order valence-corrected chi connectivity index (χ1v) is 7.32. The van der Waals surface area contributed by atoms with Crippen molar-refractivity contribution in [2.45, 2.75) is 25.1 Å². The van der Waals surface area contributed by atoms with E-state index in [1.165, 1.54) is 6.92 Å². The van der Waals surface area contributed by atoms with Crippen molar-refractivity contribution in [1.82, 2.24) is 0 Å². The van der Waals surface area contributed by atoms with Crippen LogP contribution in [0.3, 0.4) is 0 Å². The van der Waals surface area contributed by atoms with E-state index in [4.69, 9.17) is 0 Å². The maximum atomic E-state index is 13.2. The second kappa shape index (κ2) is 6.65. The highest BCUT2D eigenvalue weighted by atomic mass is 19.4. The van der Waals surface area contributed by atoms with Gasteiger partial charge in [0.2, 0.25) is 0 Å². The number of halogens is 3. The molecule has 2 aromatic carbocycles. The van der Waals surface area contributed by atoms with Gasteiger partial charge in [0.25, 0.3) is 5.60 Å². The quantitative estimate of drug-likeness (QED) is 0.835. The van der Waals surface area contributed by atoms with Crippen LogP contribution < -0.4 is 0 Å². The first-order valence-electron chi connectivity index (χ1n) is 7.32. The van der Waals surface area contributed by atoms with Gasteiger partial charge in [0, 0.05) is 6.42 Å². The molecular formula is C18H17F3O3. The third kappa shape index (κ3) is 3.43. The van der Waals surface area contributed by atoms with E-state index in [-0.39, 0.29) is 12.2 Å². The van der Waals surface area contributed by atoms with Crippen LogP contribution in [0.5, 0.6) is 0 Å². The molecule has 0 aromatic heterocycles. The number of benzene rings is 2. The lowest BCUT2D eigenvalue weighted by Gasteiger charge is -2.28. The van der Waals surface area contributed by atoms with Gasteiger partial charge in [0.15, 0.2) is 0 Å². The van der Waals surface area contributed by atoms with E-state index in [2.05, 4.69) is 11.3 Å². The fourth-order valence-electron chi connectivity index (χ4n) is 2.36. The fraction of sp³-hybridized carbons (Fsp3) is 0.278. The summed E-state index contributed by atoms with van der Waals surface area (Å²) in [6, 6.07) is 12.3. The van der Waals surface area contributed by atoms with Crippen LogP contribution >= 0.6 is 0 Å². The lowest BCUT2D eigenvalue weighted by Crippen LogP contribution is -2.53. The Labute approximate surface area is 137 Å². The molecule has 0 radical (unpaired) electrons. The molecule has 0 bridgehead atoms. The highest BCUT2D eigenvalue weighted by molar-refractivity contribution is 5.88. The van der Waals surface area contributed by atoms with Crippen LogP contribution in [0.1, 0.15) is 18.9 Å². The zero-order chi connectivity index (χ0) is 18.0. The van der Waals surface area contributed by atoms with Crippen LogP contribution in [-0.2, 0) is 9.53 Å². The average Bonchev–Trinajstić information content (AvgIpc) is 2.53. The van der Waals surface area contributed by atoms with E-state index in [0.717, 1.165) is 10.8 Å². The number of hydrogen-bond acceptors (Lipinski definition) is 3. The van der Waals surface area contributed by atoms with Crippen molar-refractivity contribution in [3.8, 4) is 0 Å². The first kappa shape index (κ1) is 18.0. The maximum absolute atomic E-state index is 13.2. The minimum atomic E-state index is -5.17. The number of fused-ring (bicyclic) bond motifs is 1. The predicted octanol–water partition coefficient (Wildman–Crippen LogP) is 4.10. The van der Waals surface area contributed by atoms with Gasteiger partial charge in [0.1, 0.15) is 0 Å². The summed E-state index contributed by atoms with van der Waals surface area (Å²) in [4.78, 5) is 11.7. The SMILES string of the molecule is C=C(C[C@](O)(C(=O)OCC)C(F)(F)F)c1ccc2ccccc2c1. The molecule has 0 aliphatic rings. The van der Waals surface area contributed by atoms with Crippen molar-refractivity contribution in [3.63, 3.8) is 0 Å². The summed E-state index contributed by atoms with van der Waals surface area (Å²) in [5.41, 5.74) is -3.21. The maximum Gasteiger partial charge on any atom is 0.428 e. The Morgan fingerprint density at radius 2 is 1.79 bits per heavy atom. The number of alkyl halides is 3. The summed E-state index contributed by atoms with van der Waals surface area (Å²) >= 11 is 0. The van der Waals surface area contributed by atoms with Crippen LogP contribution in [0.15, 0.2) is 49.0 Å². The van der Waals surface area contributed by atoms with E-state index in [9.17, 15) is 23.1 Å². The van der Waals surface area contributed by atoms with Gasteiger partial charge in [-0.2, -0.15) is 13.2 Å². The molecule has 2 aromatic rings. The molecule has 0 amide bonds. The molecule has 0 heterocycles. The lowest BCUT2D eigenvalue weighted by atomic mass is 9.90. The summed E-state index contributed by atoms with van der Waals surface area (Å²) in [6.45, 7) is 4.71. The van der Waals surface area contributed by atoms with E-state index in [1.807, 2.05) is 18.2 Å². The van der Waals surface area contributed by atoms with Crippen LogP contribution in [0.25, 0.3) is 16.3 Å². The molecular weight excluding hydrogens is 321 g/mol. The fourth-order valence-corrected chi connectivity index (χ4v) is 2.36. The normalized spacial score (nSPS) is 14.2. The Morgan fingerprint density at radius 3 is 2.38 bits per heavy atom. The molecule has 1 atom stereocenters. The van der Waals surface area contributed by atoms with Crippen molar-refractivity contribution >= 4 is 22.3 Å². The third-order valence-electron chi connectivity index (χ3n) is 3.71. The van der Waals surface area contributed by atoms with Crippen LogP contribution in [0, 0.1) is 0 Å². The van der Waals surface area contributed by atoms with Gasteiger partial charge in [-0.3, -0.25) is 0 Å². The molecule has 24 heavy (non-hydrogen) atoms. The summed E-state index contributed by atoms with van der Waals surface area (Å²) in [6.07, 6.45) is -6.16. The Balaban J connectivity index is 2.34. The second-order valence-corrected chi connectivity index (χ2v) is 5.42. The largest absolute Gasteiger partial charge is 0.464 e. The minimum absolute atomic E-state index is 0.00590. The summed E-state index contributed by atoms with van der Waals surface area (Å²) in [7, 11) is 0. The molecule has 0 spiro atoms. The Kier molecular flexibility index (Phi) is 4.99. The van der Waals surface area contributed by atoms with Crippen molar-refractivity contribution in [2.24, 2.45) is 0 Å². The number of esters is 1. The number of hydrogen-bond donors (Lipinski definition) is 1. The van der Waals surface area contributed by atoms with Gasteiger partial charge < -0.3 is 9.84 Å². The summed E-state index contributed by atoms with van der Waals surface area (Å²) < 4.78 is 44.0. The number of carbonyl (C=O) groups excluding carboxylic acids is 1. The second-order valence-electron chi connectivity index (χ2n) is 5.42. The third-order valence-corrected chi connectivity index (χ3v) is 3.71. The van der Waals surface area contributed by atoms with Crippen molar-refractivity contribution in [1.29, 1.82) is 0 Å². The van der Waals surface area contributed by atoms with Crippen molar-refractivity contribution < 1.29 is 27.8 Å². The molecule has 128 valence electrons. The van der Waals surface area contributed by atoms with Crippen LogP contribution in [-0.4, -0.2) is 29.5 Å². The number of carbonyl (C=O) groups is 1. The number of ether oxygens (including phenoxy) is 1. The average molecular weight is 338 g/mol. The zero-order valence-corrected chi connectivity index (χ0v) is 13.1. The van der Waals surface area contributed by atoms with Crippen LogP contribution in [0.4, 0.5) is 13.2 Å².